The largest absolute Gasteiger partial charge is 0.401 e. The zero-order valence-corrected chi connectivity index (χ0v) is 14.3. The molecule has 1 saturated heterocycles. The van der Waals surface area contributed by atoms with Crippen LogP contribution in [0.15, 0.2) is 24.4 Å². The molecule has 8 heteroatoms. The molecule has 2 heterocycles. The lowest BCUT2D eigenvalue weighted by molar-refractivity contribution is -0.150. The van der Waals surface area contributed by atoms with E-state index in [1.165, 1.54) is 11.1 Å². The van der Waals surface area contributed by atoms with E-state index in [1.54, 1.807) is 25.1 Å². The number of aromatic nitrogens is 1. The van der Waals surface area contributed by atoms with E-state index in [0.717, 1.165) is 5.39 Å². The number of hydrogen-bond donors (Lipinski definition) is 0. The van der Waals surface area contributed by atoms with Crippen LogP contribution in [0, 0.1) is 11.3 Å². The Balaban J connectivity index is 1.95. The van der Waals surface area contributed by atoms with E-state index in [4.69, 9.17) is 11.6 Å². The molecule has 0 aliphatic carbocycles. The molecule has 4 nitrogen and oxygen atoms in total. The van der Waals surface area contributed by atoms with Crippen molar-refractivity contribution in [2.75, 3.05) is 31.1 Å². The molecule has 0 bridgehead atoms. The predicted octanol–water partition coefficient (Wildman–Crippen LogP) is 3.83. The lowest BCUT2D eigenvalue weighted by Gasteiger charge is -2.41. The summed E-state index contributed by atoms with van der Waals surface area (Å²) >= 11 is 6.09. The fourth-order valence-corrected chi connectivity index (χ4v) is 3.41. The van der Waals surface area contributed by atoms with Gasteiger partial charge < -0.3 is 4.90 Å². The summed E-state index contributed by atoms with van der Waals surface area (Å²) in [6.07, 6.45) is -2.72. The Bertz CT molecular complexity index is 831. The highest BCUT2D eigenvalue weighted by Gasteiger charge is 2.35. The molecule has 1 aliphatic rings. The van der Waals surface area contributed by atoms with Gasteiger partial charge in [0.05, 0.1) is 23.3 Å². The van der Waals surface area contributed by atoms with Gasteiger partial charge in [-0.3, -0.25) is 9.88 Å². The smallest absolute Gasteiger partial charge is 0.367 e. The zero-order valence-electron chi connectivity index (χ0n) is 13.5. The van der Waals surface area contributed by atoms with Crippen molar-refractivity contribution in [2.45, 2.75) is 19.1 Å². The van der Waals surface area contributed by atoms with Gasteiger partial charge >= 0.3 is 6.18 Å². The van der Waals surface area contributed by atoms with Gasteiger partial charge in [0.1, 0.15) is 6.07 Å². The minimum atomic E-state index is -4.22. The maximum Gasteiger partial charge on any atom is 0.401 e. The van der Waals surface area contributed by atoms with Crippen LogP contribution in [-0.2, 0) is 0 Å². The molecular formula is C17H16ClF3N4. The quantitative estimate of drug-likeness (QED) is 0.808. The summed E-state index contributed by atoms with van der Waals surface area (Å²) in [6, 6.07) is 7.07. The topological polar surface area (TPSA) is 43.2 Å². The van der Waals surface area contributed by atoms with Crippen molar-refractivity contribution in [3.05, 3.63) is 35.0 Å². The van der Waals surface area contributed by atoms with Gasteiger partial charge in [0.25, 0.3) is 0 Å². The number of pyridine rings is 1. The molecule has 132 valence electrons. The molecule has 1 unspecified atom stereocenters. The van der Waals surface area contributed by atoms with Crippen molar-refractivity contribution in [3.8, 4) is 6.07 Å². The van der Waals surface area contributed by atoms with Crippen LogP contribution < -0.4 is 4.90 Å². The maximum absolute atomic E-state index is 12.7. The molecule has 1 aromatic heterocycles. The Hall–Kier alpha value is -2.04. The number of piperazine rings is 1. The first kappa shape index (κ1) is 17.8. The number of hydrogen-bond acceptors (Lipinski definition) is 4. The Labute approximate surface area is 148 Å². The van der Waals surface area contributed by atoms with Crippen LogP contribution in [-0.4, -0.2) is 48.3 Å². The third-order valence-corrected chi connectivity index (χ3v) is 4.62. The van der Waals surface area contributed by atoms with E-state index in [9.17, 15) is 18.4 Å². The SMILES string of the molecule is CC1CN(c2c(C#N)cnc3ccc(Cl)cc23)CCN1CC(F)(F)F. The third kappa shape index (κ3) is 3.80. The Morgan fingerprint density at radius 2 is 2.12 bits per heavy atom. The van der Waals surface area contributed by atoms with Gasteiger partial charge in [-0.25, -0.2) is 0 Å². The van der Waals surface area contributed by atoms with Crippen molar-refractivity contribution < 1.29 is 13.2 Å². The van der Waals surface area contributed by atoms with Crippen molar-refractivity contribution >= 4 is 28.2 Å². The van der Waals surface area contributed by atoms with Crippen LogP contribution in [0.3, 0.4) is 0 Å². The molecule has 0 radical (unpaired) electrons. The highest BCUT2D eigenvalue weighted by atomic mass is 35.5. The van der Waals surface area contributed by atoms with Gasteiger partial charge in [0, 0.05) is 42.3 Å². The van der Waals surface area contributed by atoms with Crippen molar-refractivity contribution in [3.63, 3.8) is 0 Å². The van der Waals surface area contributed by atoms with E-state index in [1.807, 2.05) is 4.90 Å². The molecule has 1 aliphatic heterocycles. The highest BCUT2D eigenvalue weighted by Crippen LogP contribution is 2.33. The molecule has 1 atom stereocenters. The number of fused-ring (bicyclic) bond motifs is 1. The van der Waals surface area contributed by atoms with Gasteiger partial charge in [-0.2, -0.15) is 18.4 Å². The lowest BCUT2D eigenvalue weighted by Crippen LogP contribution is -2.54. The van der Waals surface area contributed by atoms with Crippen LogP contribution in [0.2, 0.25) is 5.02 Å². The molecule has 3 rings (SSSR count). The Kier molecular flexibility index (Phi) is 4.76. The fourth-order valence-electron chi connectivity index (χ4n) is 3.24. The van der Waals surface area contributed by atoms with Gasteiger partial charge in [-0.1, -0.05) is 11.6 Å². The summed E-state index contributed by atoms with van der Waals surface area (Å²) in [5, 5.41) is 10.7. The van der Waals surface area contributed by atoms with Gasteiger partial charge in [-0.05, 0) is 25.1 Å². The highest BCUT2D eigenvalue weighted by molar-refractivity contribution is 6.31. The molecular weight excluding hydrogens is 353 g/mol. The summed E-state index contributed by atoms with van der Waals surface area (Å²) in [5.41, 5.74) is 1.78. The van der Waals surface area contributed by atoms with Gasteiger partial charge in [-0.15, -0.1) is 0 Å². The molecule has 0 saturated carbocycles. The number of benzene rings is 1. The van der Waals surface area contributed by atoms with Crippen LogP contribution in [0.1, 0.15) is 12.5 Å². The van der Waals surface area contributed by atoms with Crippen LogP contribution >= 0.6 is 11.6 Å². The van der Waals surface area contributed by atoms with E-state index in [2.05, 4.69) is 11.1 Å². The maximum atomic E-state index is 12.7. The first-order valence-electron chi connectivity index (χ1n) is 7.82. The number of nitriles is 1. The van der Waals surface area contributed by atoms with E-state index >= 15 is 0 Å². The van der Waals surface area contributed by atoms with Gasteiger partial charge in [0.2, 0.25) is 0 Å². The second kappa shape index (κ2) is 6.70. The fraction of sp³-hybridized carbons (Fsp3) is 0.412. The van der Waals surface area contributed by atoms with Crippen molar-refractivity contribution in [1.82, 2.24) is 9.88 Å². The summed E-state index contributed by atoms with van der Waals surface area (Å²) < 4.78 is 38.1. The summed E-state index contributed by atoms with van der Waals surface area (Å²) in [5.74, 6) is 0. The number of alkyl halides is 3. The van der Waals surface area contributed by atoms with Gasteiger partial charge in [0.15, 0.2) is 0 Å². The minimum Gasteiger partial charge on any atom is -0.367 e. The second-order valence-corrected chi connectivity index (χ2v) is 6.61. The number of anilines is 1. The molecule has 25 heavy (non-hydrogen) atoms. The van der Waals surface area contributed by atoms with Crippen LogP contribution in [0.4, 0.5) is 18.9 Å². The molecule has 0 N–H and O–H groups in total. The Morgan fingerprint density at radius 1 is 1.36 bits per heavy atom. The molecule has 2 aromatic rings. The second-order valence-electron chi connectivity index (χ2n) is 6.17. The monoisotopic (exact) mass is 368 g/mol. The molecule has 1 aromatic carbocycles. The summed E-state index contributed by atoms with van der Waals surface area (Å²) in [7, 11) is 0. The predicted molar refractivity (Wildman–Crippen MR) is 90.8 cm³/mol. The minimum absolute atomic E-state index is 0.274. The van der Waals surface area contributed by atoms with E-state index in [0.29, 0.717) is 34.9 Å². The van der Waals surface area contributed by atoms with E-state index in [-0.39, 0.29) is 12.6 Å². The molecule has 0 spiro atoms. The lowest BCUT2D eigenvalue weighted by atomic mass is 10.1. The molecule has 1 fully saturated rings. The number of rotatable bonds is 2. The summed E-state index contributed by atoms with van der Waals surface area (Å²) in [6.45, 7) is 1.92. The summed E-state index contributed by atoms with van der Waals surface area (Å²) in [4.78, 5) is 7.63. The third-order valence-electron chi connectivity index (χ3n) is 4.39. The van der Waals surface area contributed by atoms with Crippen LogP contribution in [0.25, 0.3) is 10.9 Å². The number of nitrogens with zero attached hydrogens (tertiary/aromatic N) is 4. The molecule has 0 amide bonds. The first-order chi connectivity index (χ1) is 11.8. The first-order valence-corrected chi connectivity index (χ1v) is 8.20. The van der Waals surface area contributed by atoms with E-state index < -0.39 is 12.7 Å². The average Bonchev–Trinajstić information content (AvgIpc) is 2.54. The standard InChI is InChI=1S/C17H16ClF3N4/c1-11-9-24(4-5-25(11)10-17(19,20)21)16-12(7-22)8-23-15-3-2-13(18)6-14(15)16/h2-3,6,8,11H,4-5,9-10H2,1H3. The van der Waals surface area contributed by atoms with Crippen LogP contribution in [0.5, 0.6) is 0 Å². The average molecular weight is 369 g/mol. The number of halogens is 4. The Morgan fingerprint density at radius 3 is 2.76 bits per heavy atom. The normalized spacial score (nSPS) is 19.2. The zero-order chi connectivity index (χ0) is 18.2. The van der Waals surface area contributed by atoms with Crippen molar-refractivity contribution in [2.24, 2.45) is 0 Å². The van der Waals surface area contributed by atoms with Crippen molar-refractivity contribution in [1.29, 1.82) is 5.26 Å².